The molecule has 0 amide bonds. The van der Waals surface area contributed by atoms with Crippen LogP contribution in [0.3, 0.4) is 0 Å². The Hall–Kier alpha value is -0.520. The highest BCUT2D eigenvalue weighted by Crippen LogP contribution is 2.03. The molecule has 0 heteroatoms. The quantitative estimate of drug-likeness (QED) is 0.524. The standard InChI is InChI=1S/C7H14.C3H6.C2H6/c1-4-6-7(3)5-2;1-3-2;1-2/h3-6H2,1-2H3;3H,1H2,2H3;1-2H3. The third-order valence-corrected chi connectivity index (χ3v) is 1.10. The maximum absolute atomic E-state index is 3.86. The molecule has 0 unspecified atom stereocenters. The number of rotatable bonds is 3. The first kappa shape index (κ1) is 17.5. The second-order valence-electron chi connectivity index (χ2n) is 2.26. The van der Waals surface area contributed by atoms with E-state index in [1.54, 1.807) is 6.08 Å². The van der Waals surface area contributed by atoms with Crippen LogP contribution in [-0.2, 0) is 0 Å². The summed E-state index contributed by atoms with van der Waals surface area (Å²) >= 11 is 0. The van der Waals surface area contributed by atoms with E-state index in [-0.39, 0.29) is 0 Å². The van der Waals surface area contributed by atoms with Crippen molar-refractivity contribution in [2.75, 3.05) is 0 Å². The van der Waals surface area contributed by atoms with Crippen molar-refractivity contribution in [1.29, 1.82) is 0 Å². The molecule has 0 saturated carbocycles. The Labute approximate surface area is 79.4 Å². The zero-order valence-electron chi connectivity index (χ0n) is 9.61. The highest BCUT2D eigenvalue weighted by molar-refractivity contribution is 4.91. The molecule has 0 spiro atoms. The van der Waals surface area contributed by atoms with Crippen molar-refractivity contribution < 1.29 is 0 Å². The van der Waals surface area contributed by atoms with E-state index in [0.717, 1.165) is 6.42 Å². The zero-order valence-corrected chi connectivity index (χ0v) is 9.61. The molecule has 0 aromatic heterocycles. The summed E-state index contributed by atoms with van der Waals surface area (Å²) in [6, 6.07) is 0. The van der Waals surface area contributed by atoms with Crippen LogP contribution in [0.15, 0.2) is 24.8 Å². The van der Waals surface area contributed by atoms with Gasteiger partial charge in [0.1, 0.15) is 0 Å². The molecule has 0 nitrogen and oxygen atoms in total. The lowest BCUT2D eigenvalue weighted by Crippen LogP contribution is -1.73. The molecule has 0 rings (SSSR count). The van der Waals surface area contributed by atoms with E-state index in [0.29, 0.717) is 0 Å². The van der Waals surface area contributed by atoms with Gasteiger partial charge in [0.05, 0.1) is 0 Å². The number of allylic oxidation sites excluding steroid dienone is 2. The average Bonchev–Trinajstić information content (AvgIpc) is 2.10. The van der Waals surface area contributed by atoms with Crippen LogP contribution in [0, 0.1) is 0 Å². The molecule has 0 atom stereocenters. The summed E-state index contributed by atoms with van der Waals surface area (Å²) < 4.78 is 0. The largest absolute Gasteiger partial charge is 0.103 e. The smallest absolute Gasteiger partial charge is 0.0326 e. The summed E-state index contributed by atoms with van der Waals surface area (Å²) in [5, 5.41) is 0. The van der Waals surface area contributed by atoms with Gasteiger partial charge in [-0.1, -0.05) is 52.3 Å². The molecule has 0 aromatic carbocycles. The molecule has 0 N–H and O–H groups in total. The molecule has 0 bridgehead atoms. The predicted octanol–water partition coefficient (Wildman–Crippen LogP) is 4.97. The third-order valence-electron chi connectivity index (χ3n) is 1.10. The van der Waals surface area contributed by atoms with Crippen LogP contribution >= 0.6 is 0 Å². The number of hydrogen-bond acceptors (Lipinski definition) is 0. The highest BCUT2D eigenvalue weighted by atomic mass is 13.9. The molecule has 0 heterocycles. The Morgan fingerprint density at radius 2 is 1.58 bits per heavy atom. The van der Waals surface area contributed by atoms with Crippen molar-refractivity contribution in [3.05, 3.63) is 24.8 Å². The zero-order chi connectivity index (χ0) is 10.4. The molecular formula is C12H26. The molecule has 74 valence electrons. The summed E-state index contributed by atoms with van der Waals surface area (Å²) in [6.07, 6.45) is 5.34. The van der Waals surface area contributed by atoms with Crippen molar-refractivity contribution in [2.45, 2.75) is 53.9 Å². The van der Waals surface area contributed by atoms with Gasteiger partial charge in [-0.15, -0.1) is 6.58 Å². The van der Waals surface area contributed by atoms with Crippen LogP contribution in [0.4, 0.5) is 0 Å². The predicted molar refractivity (Wildman–Crippen MR) is 61.6 cm³/mol. The van der Waals surface area contributed by atoms with E-state index in [2.05, 4.69) is 27.0 Å². The third kappa shape index (κ3) is 34.0. The van der Waals surface area contributed by atoms with E-state index >= 15 is 0 Å². The summed E-state index contributed by atoms with van der Waals surface area (Å²) in [5.41, 5.74) is 1.38. The molecule has 0 aliphatic carbocycles. The molecule has 0 aromatic rings. The van der Waals surface area contributed by atoms with Crippen molar-refractivity contribution >= 4 is 0 Å². The van der Waals surface area contributed by atoms with Gasteiger partial charge in [-0.3, -0.25) is 0 Å². The van der Waals surface area contributed by atoms with Crippen LogP contribution in [0.1, 0.15) is 53.9 Å². The van der Waals surface area contributed by atoms with Gasteiger partial charge in [0.25, 0.3) is 0 Å². The average molecular weight is 170 g/mol. The normalized spacial score (nSPS) is 6.75. The van der Waals surface area contributed by atoms with E-state index in [1.807, 2.05) is 20.8 Å². The Bertz CT molecular complexity index is 80.0. The summed E-state index contributed by atoms with van der Waals surface area (Å²) in [5.74, 6) is 0. The van der Waals surface area contributed by atoms with E-state index in [4.69, 9.17) is 0 Å². The molecule has 12 heavy (non-hydrogen) atoms. The Balaban J connectivity index is -0.000000137. The Morgan fingerprint density at radius 1 is 1.25 bits per heavy atom. The van der Waals surface area contributed by atoms with Crippen molar-refractivity contribution in [3.8, 4) is 0 Å². The van der Waals surface area contributed by atoms with E-state index < -0.39 is 0 Å². The summed E-state index contributed by atoms with van der Waals surface area (Å²) in [7, 11) is 0. The monoisotopic (exact) mass is 170 g/mol. The topological polar surface area (TPSA) is 0 Å². The first-order valence-electron chi connectivity index (χ1n) is 4.96. The fourth-order valence-corrected chi connectivity index (χ4v) is 0.530. The Morgan fingerprint density at radius 3 is 1.67 bits per heavy atom. The van der Waals surface area contributed by atoms with Crippen molar-refractivity contribution in [1.82, 2.24) is 0 Å². The fourth-order valence-electron chi connectivity index (χ4n) is 0.530. The minimum Gasteiger partial charge on any atom is -0.103 e. The van der Waals surface area contributed by atoms with Crippen molar-refractivity contribution in [3.63, 3.8) is 0 Å². The lowest BCUT2D eigenvalue weighted by Gasteiger charge is -1.94. The summed E-state index contributed by atoms with van der Waals surface area (Å²) in [6.45, 7) is 17.4. The van der Waals surface area contributed by atoms with Crippen LogP contribution in [0.5, 0.6) is 0 Å². The van der Waals surface area contributed by atoms with Crippen LogP contribution in [0.2, 0.25) is 0 Å². The van der Waals surface area contributed by atoms with E-state index in [1.165, 1.54) is 18.4 Å². The Kier molecular flexibility index (Phi) is 32.8. The van der Waals surface area contributed by atoms with Gasteiger partial charge in [-0.25, -0.2) is 0 Å². The molecule has 0 aliphatic heterocycles. The first-order valence-corrected chi connectivity index (χ1v) is 4.96. The van der Waals surface area contributed by atoms with Gasteiger partial charge in [0.15, 0.2) is 0 Å². The molecular weight excluding hydrogens is 144 g/mol. The molecule has 0 radical (unpaired) electrons. The van der Waals surface area contributed by atoms with Crippen molar-refractivity contribution in [2.24, 2.45) is 0 Å². The number of hydrogen-bond donors (Lipinski definition) is 0. The van der Waals surface area contributed by atoms with Crippen LogP contribution in [0.25, 0.3) is 0 Å². The summed E-state index contributed by atoms with van der Waals surface area (Å²) in [4.78, 5) is 0. The van der Waals surface area contributed by atoms with Crippen LogP contribution < -0.4 is 0 Å². The van der Waals surface area contributed by atoms with Gasteiger partial charge in [0.2, 0.25) is 0 Å². The SMILES string of the molecule is C=C(CC)CCC.C=CC.CC. The lowest BCUT2D eigenvalue weighted by molar-refractivity contribution is 0.863. The lowest BCUT2D eigenvalue weighted by atomic mass is 10.1. The second kappa shape index (κ2) is 22.4. The second-order valence-corrected chi connectivity index (χ2v) is 2.26. The molecule has 0 aliphatic rings. The minimum atomic E-state index is 1.15. The first-order chi connectivity index (χ1) is 5.72. The molecule has 0 saturated heterocycles. The molecule has 0 fully saturated rings. The van der Waals surface area contributed by atoms with Gasteiger partial charge < -0.3 is 0 Å². The van der Waals surface area contributed by atoms with Gasteiger partial charge in [-0.05, 0) is 19.8 Å². The maximum atomic E-state index is 3.86. The van der Waals surface area contributed by atoms with Crippen LogP contribution in [-0.4, -0.2) is 0 Å². The highest BCUT2D eigenvalue weighted by Gasteiger charge is 1.83. The van der Waals surface area contributed by atoms with Gasteiger partial charge in [0, 0.05) is 0 Å². The van der Waals surface area contributed by atoms with Gasteiger partial charge >= 0.3 is 0 Å². The van der Waals surface area contributed by atoms with Gasteiger partial charge in [-0.2, -0.15) is 0 Å². The minimum absolute atomic E-state index is 1.15. The van der Waals surface area contributed by atoms with E-state index in [9.17, 15) is 0 Å². The maximum Gasteiger partial charge on any atom is -0.0326 e. The fraction of sp³-hybridized carbons (Fsp3) is 0.667.